The number of anilines is 1. The molecule has 0 radical (unpaired) electrons. The maximum absolute atomic E-state index is 13.1. The van der Waals surface area contributed by atoms with E-state index in [-0.39, 0.29) is 25.4 Å². The Morgan fingerprint density at radius 3 is 2.49 bits per heavy atom. The second kappa shape index (κ2) is 13.5. The third kappa shape index (κ3) is 7.11. The lowest BCUT2D eigenvalue weighted by molar-refractivity contribution is -0.145. The fourth-order valence-electron chi connectivity index (χ4n) is 3.90. The molecule has 0 unspecified atom stereocenters. The molecular formula is C27H30N2O7S. The molecule has 1 aliphatic carbocycles. The fourth-order valence-corrected chi connectivity index (χ4v) is 5.17. The number of rotatable bonds is 11. The van der Waals surface area contributed by atoms with Crippen LogP contribution >= 0.6 is 11.3 Å². The predicted octanol–water partition coefficient (Wildman–Crippen LogP) is 4.69. The van der Waals surface area contributed by atoms with Crippen molar-refractivity contribution in [1.29, 1.82) is 5.26 Å². The zero-order valence-corrected chi connectivity index (χ0v) is 22.0. The Bertz CT molecular complexity index is 1230. The first kappa shape index (κ1) is 27.7. The number of nitriles is 1. The largest absolute Gasteiger partial charge is 0.490 e. The summed E-state index contributed by atoms with van der Waals surface area (Å²) < 4.78 is 21.2. The van der Waals surface area contributed by atoms with E-state index in [1.807, 2.05) is 6.07 Å². The van der Waals surface area contributed by atoms with Gasteiger partial charge in [-0.05, 0) is 75.8 Å². The molecule has 0 saturated heterocycles. The van der Waals surface area contributed by atoms with Crippen molar-refractivity contribution >= 4 is 40.3 Å². The summed E-state index contributed by atoms with van der Waals surface area (Å²) in [5.74, 6) is -0.923. The topological polar surface area (TPSA) is 124 Å². The minimum atomic E-state index is -0.632. The van der Waals surface area contributed by atoms with Crippen LogP contribution in [0.4, 0.5) is 5.00 Å². The molecule has 0 atom stereocenters. The first-order valence-corrected chi connectivity index (χ1v) is 13.0. The van der Waals surface area contributed by atoms with Gasteiger partial charge in [0.1, 0.15) is 16.6 Å². The number of hydrogen-bond donors (Lipinski definition) is 1. The van der Waals surface area contributed by atoms with Crippen molar-refractivity contribution in [3.8, 4) is 17.6 Å². The van der Waals surface area contributed by atoms with Gasteiger partial charge in [-0.1, -0.05) is 6.07 Å². The molecule has 1 N–H and O–H groups in total. The Hall–Kier alpha value is -3.84. The number of hydrogen-bond acceptors (Lipinski definition) is 9. The average Bonchev–Trinajstić information content (AvgIpc) is 3.25. The predicted molar refractivity (Wildman–Crippen MR) is 139 cm³/mol. The van der Waals surface area contributed by atoms with Crippen LogP contribution < -0.4 is 14.8 Å². The smallest absolute Gasteiger partial charge is 0.344 e. The van der Waals surface area contributed by atoms with Gasteiger partial charge in [0.15, 0.2) is 18.1 Å². The summed E-state index contributed by atoms with van der Waals surface area (Å²) in [5, 5.41) is 12.9. The van der Waals surface area contributed by atoms with E-state index in [9.17, 15) is 19.6 Å². The molecule has 1 aromatic carbocycles. The molecule has 1 amide bonds. The molecule has 3 rings (SSSR count). The van der Waals surface area contributed by atoms with Crippen molar-refractivity contribution in [2.75, 3.05) is 31.7 Å². The van der Waals surface area contributed by atoms with Crippen LogP contribution in [0.15, 0.2) is 23.8 Å². The second-order valence-corrected chi connectivity index (χ2v) is 9.10. The maximum atomic E-state index is 13.1. The molecule has 1 heterocycles. The number of amides is 1. The van der Waals surface area contributed by atoms with Gasteiger partial charge in [-0.15, -0.1) is 11.3 Å². The van der Waals surface area contributed by atoms with Crippen molar-refractivity contribution in [1.82, 2.24) is 0 Å². The summed E-state index contributed by atoms with van der Waals surface area (Å²) >= 11 is 1.36. The Kier molecular flexibility index (Phi) is 10.1. The molecule has 37 heavy (non-hydrogen) atoms. The molecule has 0 aliphatic heterocycles. The van der Waals surface area contributed by atoms with Crippen molar-refractivity contribution in [3.63, 3.8) is 0 Å². The molecule has 1 aromatic heterocycles. The van der Waals surface area contributed by atoms with Gasteiger partial charge < -0.3 is 24.3 Å². The summed E-state index contributed by atoms with van der Waals surface area (Å²) in [7, 11) is 0. The summed E-state index contributed by atoms with van der Waals surface area (Å²) in [4.78, 5) is 38.4. The van der Waals surface area contributed by atoms with Crippen LogP contribution in [0.3, 0.4) is 0 Å². The van der Waals surface area contributed by atoms with Gasteiger partial charge in [-0.3, -0.25) is 4.79 Å². The second-order valence-electron chi connectivity index (χ2n) is 7.99. The SMILES string of the molecule is CCOC(=O)COc1ccc(/C=C(\C#N)C(=O)Nc2sc3c(c2C(=O)OCC)CCCC3)cc1OCC. The molecule has 0 bridgehead atoms. The lowest BCUT2D eigenvalue weighted by Gasteiger charge is -2.12. The number of carbonyl (C=O) groups is 3. The minimum absolute atomic E-state index is 0.149. The number of nitrogens with one attached hydrogen (secondary N) is 1. The molecule has 1 aliphatic rings. The number of ether oxygens (including phenoxy) is 4. The van der Waals surface area contributed by atoms with E-state index in [2.05, 4.69) is 5.32 Å². The Labute approximate surface area is 220 Å². The first-order valence-electron chi connectivity index (χ1n) is 12.2. The van der Waals surface area contributed by atoms with Gasteiger partial charge in [0, 0.05) is 4.88 Å². The van der Waals surface area contributed by atoms with Gasteiger partial charge >= 0.3 is 11.9 Å². The number of nitrogens with zero attached hydrogens (tertiary/aromatic N) is 1. The molecule has 9 nitrogen and oxygen atoms in total. The van der Waals surface area contributed by atoms with Crippen LogP contribution in [0, 0.1) is 11.3 Å². The number of thiophene rings is 1. The van der Waals surface area contributed by atoms with E-state index >= 15 is 0 Å². The van der Waals surface area contributed by atoms with Gasteiger partial charge in [0.05, 0.1) is 25.4 Å². The molecule has 196 valence electrons. The quantitative estimate of drug-likeness (QED) is 0.254. The third-order valence-electron chi connectivity index (χ3n) is 5.47. The summed E-state index contributed by atoms with van der Waals surface area (Å²) in [6.45, 7) is 5.78. The van der Waals surface area contributed by atoms with E-state index in [1.165, 1.54) is 17.4 Å². The van der Waals surface area contributed by atoms with Crippen LogP contribution in [-0.4, -0.2) is 44.3 Å². The normalized spacial score (nSPS) is 12.6. The van der Waals surface area contributed by atoms with Crippen molar-refractivity contribution in [2.24, 2.45) is 0 Å². The standard InChI is InChI=1S/C27H30N2O7S/c1-4-33-21-14-17(11-12-20(21)36-16-23(30)34-5-2)13-18(15-28)25(31)29-26-24(27(32)35-6-3)19-9-7-8-10-22(19)37-26/h11-14H,4-10,16H2,1-3H3,(H,29,31)/b18-13+. The first-order chi connectivity index (χ1) is 17.9. The lowest BCUT2D eigenvalue weighted by atomic mass is 9.95. The summed E-state index contributed by atoms with van der Waals surface area (Å²) in [6.07, 6.45) is 5.00. The van der Waals surface area contributed by atoms with E-state index in [0.717, 1.165) is 36.1 Å². The highest BCUT2D eigenvalue weighted by Gasteiger charge is 2.27. The van der Waals surface area contributed by atoms with Crippen LogP contribution in [0.2, 0.25) is 0 Å². The van der Waals surface area contributed by atoms with Crippen molar-refractivity contribution < 1.29 is 33.3 Å². The highest BCUT2D eigenvalue weighted by Crippen LogP contribution is 2.39. The molecule has 0 spiro atoms. The van der Waals surface area contributed by atoms with Crippen molar-refractivity contribution in [3.05, 3.63) is 45.3 Å². The highest BCUT2D eigenvalue weighted by molar-refractivity contribution is 7.17. The van der Waals surface area contributed by atoms with Gasteiger partial charge in [0.25, 0.3) is 5.91 Å². The number of carbonyl (C=O) groups excluding carboxylic acids is 3. The monoisotopic (exact) mass is 526 g/mol. The van der Waals surface area contributed by atoms with E-state index in [4.69, 9.17) is 18.9 Å². The van der Waals surface area contributed by atoms with E-state index in [1.54, 1.807) is 39.0 Å². The Morgan fingerprint density at radius 2 is 1.78 bits per heavy atom. The summed E-state index contributed by atoms with van der Waals surface area (Å²) in [5.41, 5.74) is 1.68. The molecule has 0 fully saturated rings. The van der Waals surface area contributed by atoms with Crippen LogP contribution in [0.25, 0.3) is 6.08 Å². The Balaban J connectivity index is 1.84. The third-order valence-corrected chi connectivity index (χ3v) is 6.68. The van der Waals surface area contributed by atoms with Crippen LogP contribution in [-0.2, 0) is 31.9 Å². The van der Waals surface area contributed by atoms with Crippen molar-refractivity contribution in [2.45, 2.75) is 46.5 Å². The minimum Gasteiger partial charge on any atom is -0.490 e. The molecule has 10 heteroatoms. The average molecular weight is 527 g/mol. The van der Waals surface area contributed by atoms with Gasteiger partial charge in [0.2, 0.25) is 0 Å². The van der Waals surface area contributed by atoms with Crippen LogP contribution in [0.5, 0.6) is 11.5 Å². The number of aryl methyl sites for hydroxylation is 1. The van der Waals surface area contributed by atoms with E-state index in [0.29, 0.717) is 34.2 Å². The van der Waals surface area contributed by atoms with Gasteiger partial charge in [-0.2, -0.15) is 5.26 Å². The highest BCUT2D eigenvalue weighted by atomic mass is 32.1. The lowest BCUT2D eigenvalue weighted by Crippen LogP contribution is -2.16. The number of esters is 2. The number of benzene rings is 1. The molecule has 0 saturated carbocycles. The zero-order valence-electron chi connectivity index (χ0n) is 21.2. The van der Waals surface area contributed by atoms with Gasteiger partial charge in [-0.25, -0.2) is 9.59 Å². The number of fused-ring (bicyclic) bond motifs is 1. The zero-order chi connectivity index (χ0) is 26.8. The molecule has 2 aromatic rings. The Morgan fingerprint density at radius 1 is 1.03 bits per heavy atom. The van der Waals surface area contributed by atoms with Crippen LogP contribution in [0.1, 0.15) is 60.0 Å². The maximum Gasteiger partial charge on any atom is 0.344 e. The molecular weight excluding hydrogens is 496 g/mol. The van der Waals surface area contributed by atoms with E-state index < -0.39 is 17.8 Å². The fraction of sp³-hybridized carbons (Fsp3) is 0.407. The summed E-state index contributed by atoms with van der Waals surface area (Å²) in [6, 6.07) is 6.78.